The van der Waals surface area contributed by atoms with Gasteiger partial charge in [0.1, 0.15) is 6.04 Å². The molecule has 130 valence electrons. The van der Waals surface area contributed by atoms with Crippen LogP contribution in [0.2, 0.25) is 0 Å². The lowest BCUT2D eigenvalue weighted by molar-refractivity contribution is -0.144. The molecule has 0 bridgehead atoms. The molecule has 2 N–H and O–H groups in total. The smallest absolute Gasteiger partial charge is 0.328 e. The van der Waals surface area contributed by atoms with Crippen LogP contribution < -0.4 is 10.6 Å². The van der Waals surface area contributed by atoms with E-state index in [1.165, 1.54) is 7.11 Å². The van der Waals surface area contributed by atoms with Gasteiger partial charge in [-0.15, -0.1) is 17.5 Å². The molecular weight excluding hydrogens is 322 g/mol. The Morgan fingerprint density at radius 2 is 2.04 bits per heavy atom. The van der Waals surface area contributed by atoms with E-state index in [0.717, 1.165) is 25.9 Å². The lowest BCUT2D eigenvalue weighted by Gasteiger charge is -2.22. The Balaban J connectivity index is 0.00000264. The third kappa shape index (κ3) is 4.90. The highest BCUT2D eigenvalue weighted by molar-refractivity contribution is 5.94. The topological polar surface area (TPSA) is 98.1 Å². The minimum Gasteiger partial charge on any atom is -0.467 e. The monoisotopic (exact) mass is 345 g/mol. The molecule has 2 heterocycles. The van der Waals surface area contributed by atoms with E-state index in [9.17, 15) is 9.59 Å². The average Bonchev–Trinajstić information content (AvgIpc) is 3.02. The molecule has 1 aliphatic heterocycles. The van der Waals surface area contributed by atoms with Crippen LogP contribution in [0.3, 0.4) is 0 Å². The molecule has 8 nitrogen and oxygen atoms in total. The Hall–Kier alpha value is -1.67. The van der Waals surface area contributed by atoms with Gasteiger partial charge in [0.15, 0.2) is 5.69 Å². The molecule has 1 aromatic heterocycles. The summed E-state index contributed by atoms with van der Waals surface area (Å²) in [5.74, 6) is -0.950. The summed E-state index contributed by atoms with van der Waals surface area (Å²) >= 11 is 0. The van der Waals surface area contributed by atoms with E-state index in [-0.39, 0.29) is 30.1 Å². The highest BCUT2D eigenvalue weighted by atomic mass is 35.5. The summed E-state index contributed by atoms with van der Waals surface area (Å²) in [6, 6.07) is -0.432. The summed E-state index contributed by atoms with van der Waals surface area (Å²) in [4.78, 5) is 23.9. The first-order chi connectivity index (χ1) is 10.5. The number of nitrogens with one attached hydrogen (secondary N) is 2. The van der Waals surface area contributed by atoms with Gasteiger partial charge in [0.25, 0.3) is 5.91 Å². The van der Waals surface area contributed by atoms with Crippen LogP contribution in [0.4, 0.5) is 0 Å². The molecule has 1 aromatic rings. The molecule has 1 fully saturated rings. The SMILES string of the molecule is COC(=O)C(NC(=O)c1cn(C2CCNCC2)nn1)C(C)C.Cl. The van der Waals surface area contributed by atoms with Crippen LogP contribution in [0.25, 0.3) is 0 Å². The molecular formula is C14H24ClN5O3. The van der Waals surface area contributed by atoms with E-state index < -0.39 is 17.9 Å². The highest BCUT2D eigenvalue weighted by Gasteiger charge is 2.27. The standard InChI is InChI=1S/C14H23N5O3.ClH/c1-9(2)12(14(21)22-3)16-13(20)11-8-19(18-17-11)10-4-6-15-7-5-10;/h8-10,12,15H,4-7H2,1-3H3,(H,16,20);1H. The van der Waals surface area contributed by atoms with Crippen molar-refractivity contribution in [3.05, 3.63) is 11.9 Å². The van der Waals surface area contributed by atoms with Gasteiger partial charge in [0, 0.05) is 0 Å². The van der Waals surface area contributed by atoms with Gasteiger partial charge < -0.3 is 15.4 Å². The number of piperidine rings is 1. The number of amides is 1. The number of nitrogens with zero attached hydrogens (tertiary/aromatic N) is 3. The molecule has 0 spiro atoms. The maximum absolute atomic E-state index is 12.2. The number of methoxy groups -OCH3 is 1. The molecule has 1 amide bonds. The summed E-state index contributed by atoms with van der Waals surface area (Å²) in [6.07, 6.45) is 3.56. The number of esters is 1. The third-order valence-corrected chi connectivity index (χ3v) is 3.83. The molecule has 0 aliphatic carbocycles. The number of rotatable bonds is 5. The summed E-state index contributed by atoms with van der Waals surface area (Å²) in [6.45, 7) is 5.55. The minimum atomic E-state index is -0.693. The Labute approximate surface area is 141 Å². The fourth-order valence-corrected chi connectivity index (χ4v) is 2.47. The van der Waals surface area contributed by atoms with Gasteiger partial charge in [-0.05, 0) is 31.8 Å². The molecule has 0 aromatic carbocycles. The highest BCUT2D eigenvalue weighted by Crippen LogP contribution is 2.17. The largest absolute Gasteiger partial charge is 0.467 e. The molecule has 1 unspecified atom stereocenters. The van der Waals surface area contributed by atoms with Gasteiger partial charge in [-0.1, -0.05) is 19.1 Å². The van der Waals surface area contributed by atoms with Gasteiger partial charge in [-0.2, -0.15) is 0 Å². The van der Waals surface area contributed by atoms with Gasteiger partial charge >= 0.3 is 5.97 Å². The van der Waals surface area contributed by atoms with Crippen LogP contribution in [-0.4, -0.2) is 53.1 Å². The number of carbonyl (C=O) groups excluding carboxylic acids is 2. The molecule has 0 radical (unpaired) electrons. The molecule has 0 saturated carbocycles. The van der Waals surface area contributed by atoms with Crippen molar-refractivity contribution < 1.29 is 14.3 Å². The van der Waals surface area contributed by atoms with E-state index >= 15 is 0 Å². The number of ether oxygens (including phenoxy) is 1. The quantitative estimate of drug-likeness (QED) is 0.756. The number of aromatic nitrogens is 3. The fourth-order valence-electron chi connectivity index (χ4n) is 2.47. The second-order valence-corrected chi connectivity index (χ2v) is 5.78. The normalized spacial score (nSPS) is 16.5. The third-order valence-electron chi connectivity index (χ3n) is 3.83. The predicted octanol–water partition coefficient (Wildman–Crippen LogP) is 0.552. The van der Waals surface area contributed by atoms with Gasteiger partial charge in [-0.25, -0.2) is 9.48 Å². The van der Waals surface area contributed by atoms with Crippen molar-refractivity contribution in [3.63, 3.8) is 0 Å². The molecule has 2 rings (SSSR count). The Morgan fingerprint density at radius 1 is 1.39 bits per heavy atom. The van der Waals surface area contributed by atoms with Crippen molar-refractivity contribution in [3.8, 4) is 0 Å². The lowest BCUT2D eigenvalue weighted by Crippen LogP contribution is -2.45. The van der Waals surface area contributed by atoms with Crippen LogP contribution in [-0.2, 0) is 9.53 Å². The number of halogens is 1. The summed E-state index contributed by atoms with van der Waals surface area (Å²) in [5, 5.41) is 13.9. The average molecular weight is 346 g/mol. The number of hydrogen-bond acceptors (Lipinski definition) is 6. The zero-order valence-corrected chi connectivity index (χ0v) is 14.4. The maximum Gasteiger partial charge on any atom is 0.328 e. The van der Waals surface area contributed by atoms with Crippen LogP contribution in [0.5, 0.6) is 0 Å². The first-order valence-electron chi connectivity index (χ1n) is 7.54. The van der Waals surface area contributed by atoms with Gasteiger partial charge in [0.2, 0.25) is 0 Å². The Morgan fingerprint density at radius 3 is 2.61 bits per heavy atom. The first kappa shape index (κ1) is 19.4. The van der Waals surface area contributed by atoms with Crippen molar-refractivity contribution in [2.75, 3.05) is 20.2 Å². The summed E-state index contributed by atoms with van der Waals surface area (Å²) in [7, 11) is 1.30. The van der Waals surface area contributed by atoms with Crippen LogP contribution in [0.1, 0.15) is 43.2 Å². The Bertz CT molecular complexity index is 528. The second-order valence-electron chi connectivity index (χ2n) is 5.78. The van der Waals surface area contributed by atoms with Gasteiger partial charge in [0.05, 0.1) is 19.3 Å². The van der Waals surface area contributed by atoms with Crippen LogP contribution in [0, 0.1) is 5.92 Å². The fraction of sp³-hybridized carbons (Fsp3) is 0.714. The van der Waals surface area contributed by atoms with E-state index in [4.69, 9.17) is 4.74 Å². The predicted molar refractivity (Wildman–Crippen MR) is 86.5 cm³/mol. The van der Waals surface area contributed by atoms with Crippen LogP contribution >= 0.6 is 12.4 Å². The maximum atomic E-state index is 12.2. The van der Waals surface area contributed by atoms with Crippen molar-refractivity contribution >= 4 is 24.3 Å². The second kappa shape index (κ2) is 8.83. The zero-order chi connectivity index (χ0) is 16.1. The van der Waals surface area contributed by atoms with Crippen molar-refractivity contribution in [1.29, 1.82) is 0 Å². The summed E-state index contributed by atoms with van der Waals surface area (Å²) < 4.78 is 6.44. The van der Waals surface area contributed by atoms with E-state index in [2.05, 4.69) is 20.9 Å². The van der Waals surface area contributed by atoms with Crippen molar-refractivity contribution in [2.24, 2.45) is 5.92 Å². The summed E-state index contributed by atoms with van der Waals surface area (Å²) in [5.41, 5.74) is 0.216. The lowest BCUT2D eigenvalue weighted by atomic mass is 10.0. The van der Waals surface area contributed by atoms with E-state index in [0.29, 0.717) is 0 Å². The first-order valence-corrected chi connectivity index (χ1v) is 7.54. The minimum absolute atomic E-state index is 0. The van der Waals surface area contributed by atoms with E-state index in [1.54, 1.807) is 10.9 Å². The van der Waals surface area contributed by atoms with Crippen LogP contribution in [0.15, 0.2) is 6.20 Å². The van der Waals surface area contributed by atoms with E-state index in [1.807, 2.05) is 13.8 Å². The van der Waals surface area contributed by atoms with Crippen molar-refractivity contribution in [1.82, 2.24) is 25.6 Å². The number of hydrogen-bond donors (Lipinski definition) is 2. The molecule has 9 heteroatoms. The molecule has 1 saturated heterocycles. The van der Waals surface area contributed by atoms with Crippen molar-refractivity contribution in [2.45, 2.75) is 38.8 Å². The number of carbonyl (C=O) groups is 2. The molecule has 1 atom stereocenters. The molecule has 23 heavy (non-hydrogen) atoms. The Kier molecular flexibility index (Phi) is 7.44. The van der Waals surface area contributed by atoms with Gasteiger partial charge in [-0.3, -0.25) is 4.79 Å². The molecule has 1 aliphatic rings. The zero-order valence-electron chi connectivity index (χ0n) is 13.6.